The molecule has 114 valence electrons. The van der Waals surface area contributed by atoms with Crippen molar-refractivity contribution in [1.82, 2.24) is 4.90 Å². The average molecular weight is 294 g/mol. The summed E-state index contributed by atoms with van der Waals surface area (Å²) < 4.78 is 0. The first-order valence-electron chi connectivity index (χ1n) is 6.51. The van der Waals surface area contributed by atoms with Crippen LogP contribution < -0.4 is 0 Å². The van der Waals surface area contributed by atoms with E-state index < -0.39 is 16.8 Å². The molecular formula is C14H18N2O5. The standard InChI is InChI=1S/C14H18N2O5/c1-9(2)15(7-6-13(17)18)14(19)12-8-11(16(20)21)5-4-10(12)3/h4-5,8-9H,6-7H2,1-3H3,(H,17,18). The highest BCUT2D eigenvalue weighted by atomic mass is 16.6. The fourth-order valence-corrected chi connectivity index (χ4v) is 1.92. The monoisotopic (exact) mass is 294 g/mol. The third-order valence-electron chi connectivity index (χ3n) is 3.11. The third kappa shape index (κ3) is 4.27. The van der Waals surface area contributed by atoms with Gasteiger partial charge in [-0.2, -0.15) is 0 Å². The van der Waals surface area contributed by atoms with Crippen LogP contribution in [0, 0.1) is 17.0 Å². The van der Waals surface area contributed by atoms with Crippen molar-refractivity contribution in [3.05, 3.63) is 39.4 Å². The topological polar surface area (TPSA) is 101 Å². The van der Waals surface area contributed by atoms with Crippen molar-refractivity contribution in [3.8, 4) is 0 Å². The Morgan fingerprint density at radius 1 is 1.38 bits per heavy atom. The number of carboxylic acids is 1. The smallest absolute Gasteiger partial charge is 0.305 e. The van der Waals surface area contributed by atoms with Gasteiger partial charge in [-0.25, -0.2) is 0 Å². The second kappa shape index (κ2) is 6.83. The first kappa shape index (κ1) is 16.6. The van der Waals surface area contributed by atoms with E-state index in [4.69, 9.17) is 5.11 Å². The minimum absolute atomic E-state index is 0.0635. The van der Waals surface area contributed by atoms with Crippen LogP contribution in [0.1, 0.15) is 36.2 Å². The molecule has 1 aromatic rings. The van der Waals surface area contributed by atoms with Gasteiger partial charge in [-0.1, -0.05) is 6.07 Å². The van der Waals surface area contributed by atoms with Crippen LogP contribution in [0.25, 0.3) is 0 Å². The molecule has 0 saturated carbocycles. The molecule has 1 N–H and O–H groups in total. The van der Waals surface area contributed by atoms with E-state index in [-0.39, 0.29) is 30.3 Å². The van der Waals surface area contributed by atoms with Gasteiger partial charge in [-0.15, -0.1) is 0 Å². The van der Waals surface area contributed by atoms with Crippen LogP contribution in [-0.2, 0) is 4.79 Å². The van der Waals surface area contributed by atoms with E-state index >= 15 is 0 Å². The van der Waals surface area contributed by atoms with Gasteiger partial charge in [-0.05, 0) is 26.3 Å². The van der Waals surface area contributed by atoms with Gasteiger partial charge in [0, 0.05) is 30.3 Å². The Bertz CT molecular complexity index is 568. The van der Waals surface area contributed by atoms with Gasteiger partial charge < -0.3 is 10.0 Å². The predicted octanol–water partition coefficient (Wildman–Crippen LogP) is 2.23. The Morgan fingerprint density at radius 3 is 2.48 bits per heavy atom. The minimum atomic E-state index is -0.996. The largest absolute Gasteiger partial charge is 0.481 e. The molecule has 0 saturated heterocycles. The Labute approximate surface area is 122 Å². The molecule has 0 aliphatic carbocycles. The number of hydrogen-bond acceptors (Lipinski definition) is 4. The summed E-state index contributed by atoms with van der Waals surface area (Å²) in [6, 6.07) is 3.88. The lowest BCUT2D eigenvalue weighted by atomic mass is 10.1. The lowest BCUT2D eigenvalue weighted by molar-refractivity contribution is -0.384. The fraction of sp³-hybridized carbons (Fsp3) is 0.429. The maximum atomic E-state index is 12.5. The zero-order valence-corrected chi connectivity index (χ0v) is 12.2. The van der Waals surface area contributed by atoms with Crippen LogP contribution in [0.3, 0.4) is 0 Å². The summed E-state index contributed by atoms with van der Waals surface area (Å²) >= 11 is 0. The van der Waals surface area contributed by atoms with Crippen molar-refractivity contribution in [2.24, 2.45) is 0 Å². The zero-order valence-electron chi connectivity index (χ0n) is 12.2. The number of benzene rings is 1. The first-order valence-corrected chi connectivity index (χ1v) is 6.51. The third-order valence-corrected chi connectivity index (χ3v) is 3.11. The average Bonchev–Trinajstić information content (AvgIpc) is 2.38. The fourth-order valence-electron chi connectivity index (χ4n) is 1.92. The highest BCUT2D eigenvalue weighted by Crippen LogP contribution is 2.20. The summed E-state index contributed by atoms with van der Waals surface area (Å²) in [5.74, 6) is -1.39. The quantitative estimate of drug-likeness (QED) is 0.640. The second-order valence-corrected chi connectivity index (χ2v) is 4.99. The highest BCUT2D eigenvalue weighted by Gasteiger charge is 2.23. The normalized spacial score (nSPS) is 10.5. The number of aryl methyl sites for hydroxylation is 1. The number of carbonyl (C=O) groups is 2. The van der Waals surface area contributed by atoms with E-state index in [2.05, 4.69) is 0 Å². The number of carbonyl (C=O) groups excluding carboxylic acids is 1. The molecule has 0 aromatic heterocycles. The summed E-state index contributed by atoms with van der Waals surface area (Å²) in [6.45, 7) is 5.29. The molecule has 7 nitrogen and oxygen atoms in total. The molecular weight excluding hydrogens is 276 g/mol. The van der Waals surface area contributed by atoms with Crippen LogP contribution in [-0.4, -0.2) is 39.4 Å². The Balaban J connectivity index is 3.11. The molecule has 0 aliphatic heterocycles. The SMILES string of the molecule is Cc1ccc([N+](=O)[O-])cc1C(=O)N(CCC(=O)O)C(C)C. The molecule has 0 spiro atoms. The molecule has 21 heavy (non-hydrogen) atoms. The number of hydrogen-bond donors (Lipinski definition) is 1. The van der Waals surface area contributed by atoms with Crippen molar-refractivity contribution in [2.45, 2.75) is 33.2 Å². The van der Waals surface area contributed by atoms with Gasteiger partial charge >= 0.3 is 5.97 Å². The van der Waals surface area contributed by atoms with Crippen molar-refractivity contribution < 1.29 is 19.6 Å². The molecule has 0 heterocycles. The lowest BCUT2D eigenvalue weighted by Crippen LogP contribution is -2.38. The molecule has 0 radical (unpaired) electrons. The summed E-state index contributed by atoms with van der Waals surface area (Å²) in [5, 5.41) is 19.5. The molecule has 0 aliphatic rings. The molecule has 1 rings (SSSR count). The predicted molar refractivity (Wildman–Crippen MR) is 76.3 cm³/mol. The summed E-state index contributed by atoms with van der Waals surface area (Å²) in [4.78, 5) is 34.8. The number of nitrogens with zero attached hydrogens (tertiary/aromatic N) is 2. The van der Waals surface area contributed by atoms with Gasteiger partial charge in [0.05, 0.1) is 11.3 Å². The van der Waals surface area contributed by atoms with Gasteiger partial charge in [0.2, 0.25) is 0 Å². The number of amides is 1. The van der Waals surface area contributed by atoms with Gasteiger partial charge in [-0.3, -0.25) is 19.7 Å². The van der Waals surface area contributed by atoms with Crippen molar-refractivity contribution in [1.29, 1.82) is 0 Å². The second-order valence-electron chi connectivity index (χ2n) is 4.99. The van der Waals surface area contributed by atoms with Gasteiger partial charge in [0.15, 0.2) is 0 Å². The van der Waals surface area contributed by atoms with Crippen LogP contribution in [0.2, 0.25) is 0 Å². The van der Waals surface area contributed by atoms with E-state index in [0.29, 0.717) is 5.56 Å². The Kier molecular flexibility index (Phi) is 5.40. The van der Waals surface area contributed by atoms with E-state index in [1.165, 1.54) is 23.1 Å². The molecule has 1 amide bonds. The van der Waals surface area contributed by atoms with Crippen LogP contribution >= 0.6 is 0 Å². The first-order chi connectivity index (χ1) is 9.73. The molecule has 0 unspecified atom stereocenters. The molecule has 7 heteroatoms. The minimum Gasteiger partial charge on any atom is -0.481 e. The van der Waals surface area contributed by atoms with Gasteiger partial charge in [0.1, 0.15) is 0 Å². The molecule has 1 aromatic carbocycles. The summed E-state index contributed by atoms with van der Waals surface area (Å²) in [7, 11) is 0. The Hall–Kier alpha value is -2.44. The van der Waals surface area contributed by atoms with E-state index in [9.17, 15) is 19.7 Å². The number of aliphatic carboxylic acids is 1. The maximum Gasteiger partial charge on any atom is 0.305 e. The van der Waals surface area contributed by atoms with Crippen molar-refractivity contribution in [3.63, 3.8) is 0 Å². The van der Waals surface area contributed by atoms with Crippen molar-refractivity contribution in [2.75, 3.05) is 6.54 Å². The molecule has 0 fully saturated rings. The van der Waals surface area contributed by atoms with Crippen molar-refractivity contribution >= 4 is 17.6 Å². The lowest BCUT2D eigenvalue weighted by Gasteiger charge is -2.26. The van der Waals surface area contributed by atoms with Crippen LogP contribution in [0.5, 0.6) is 0 Å². The summed E-state index contributed by atoms with van der Waals surface area (Å²) in [5.41, 5.74) is 0.681. The van der Waals surface area contributed by atoms with Gasteiger partial charge in [0.25, 0.3) is 11.6 Å². The number of carboxylic acid groups (broad SMARTS) is 1. The van der Waals surface area contributed by atoms with E-state index in [1.54, 1.807) is 20.8 Å². The molecule has 0 bridgehead atoms. The maximum absolute atomic E-state index is 12.5. The number of rotatable bonds is 6. The number of non-ortho nitro benzene ring substituents is 1. The zero-order chi connectivity index (χ0) is 16.2. The number of nitro groups is 1. The summed E-state index contributed by atoms with van der Waals surface area (Å²) in [6.07, 6.45) is -0.169. The number of nitro benzene ring substituents is 1. The van der Waals surface area contributed by atoms with E-state index in [0.717, 1.165) is 0 Å². The van der Waals surface area contributed by atoms with Crippen LogP contribution in [0.4, 0.5) is 5.69 Å². The Morgan fingerprint density at radius 2 is 2.00 bits per heavy atom. The van der Waals surface area contributed by atoms with E-state index in [1.807, 2.05) is 0 Å². The molecule has 0 atom stereocenters. The van der Waals surface area contributed by atoms with Crippen LogP contribution in [0.15, 0.2) is 18.2 Å². The highest BCUT2D eigenvalue weighted by molar-refractivity contribution is 5.96.